The summed E-state index contributed by atoms with van der Waals surface area (Å²) in [4.78, 5) is 28.9. The number of aromatic nitrogens is 1. The van der Waals surface area contributed by atoms with Crippen LogP contribution in [0.5, 0.6) is 0 Å². The van der Waals surface area contributed by atoms with Gasteiger partial charge in [0.05, 0.1) is 11.6 Å². The summed E-state index contributed by atoms with van der Waals surface area (Å²) in [6, 6.07) is 21.8. The molecule has 1 aromatic heterocycles. The molecule has 1 heterocycles. The highest BCUT2D eigenvalue weighted by Gasteiger charge is 2.22. The molecule has 136 valence electrons. The van der Waals surface area contributed by atoms with Crippen molar-refractivity contribution in [3.63, 3.8) is 0 Å². The van der Waals surface area contributed by atoms with Gasteiger partial charge in [-0.15, -0.1) is 0 Å². The van der Waals surface area contributed by atoms with Crippen molar-refractivity contribution in [2.24, 2.45) is 0 Å². The largest absolute Gasteiger partial charge is 0.343 e. The molecule has 5 nitrogen and oxygen atoms in total. The Bertz CT molecular complexity index is 844. The van der Waals surface area contributed by atoms with Crippen LogP contribution >= 0.6 is 0 Å². The monoisotopic (exact) mass is 359 g/mol. The van der Waals surface area contributed by atoms with Crippen LogP contribution in [0.1, 0.15) is 34.5 Å². The smallest absolute Gasteiger partial charge is 0.253 e. The van der Waals surface area contributed by atoms with Crippen molar-refractivity contribution in [1.82, 2.24) is 15.6 Å². The van der Waals surface area contributed by atoms with Crippen molar-refractivity contribution >= 4 is 11.8 Å². The fourth-order valence-electron chi connectivity index (χ4n) is 2.76. The summed E-state index contributed by atoms with van der Waals surface area (Å²) in [5.74, 6) is -0.591. The summed E-state index contributed by atoms with van der Waals surface area (Å²) in [5.41, 5.74) is 2.37. The second-order valence-corrected chi connectivity index (χ2v) is 6.20. The highest BCUT2D eigenvalue weighted by atomic mass is 16.2. The van der Waals surface area contributed by atoms with E-state index in [2.05, 4.69) is 15.6 Å². The predicted octanol–water partition coefficient (Wildman–Crippen LogP) is 3.11. The van der Waals surface area contributed by atoms with Crippen LogP contribution in [0.25, 0.3) is 0 Å². The van der Waals surface area contributed by atoms with E-state index < -0.39 is 6.04 Å². The molecule has 2 amide bonds. The Morgan fingerprint density at radius 2 is 1.41 bits per heavy atom. The Labute approximate surface area is 158 Å². The highest BCUT2D eigenvalue weighted by molar-refractivity contribution is 5.97. The number of hydrogen-bond donors (Lipinski definition) is 2. The number of carbonyl (C=O) groups excluding carboxylic acids is 2. The minimum absolute atomic E-state index is 0.259. The van der Waals surface area contributed by atoms with E-state index in [4.69, 9.17) is 0 Å². The molecule has 0 spiro atoms. The molecule has 0 aliphatic carbocycles. The molecule has 2 aromatic carbocycles. The summed E-state index contributed by atoms with van der Waals surface area (Å²) >= 11 is 0. The van der Waals surface area contributed by atoms with E-state index in [9.17, 15) is 9.59 Å². The van der Waals surface area contributed by atoms with Gasteiger partial charge in [0.1, 0.15) is 6.04 Å². The van der Waals surface area contributed by atoms with Crippen LogP contribution in [0.15, 0.2) is 85.2 Å². The SMILES string of the molecule is C[C@H](NC(=O)c1cccnc1)C(=O)NC(c1ccccc1)c1ccccc1. The number of carbonyl (C=O) groups is 2. The van der Waals surface area contributed by atoms with E-state index in [-0.39, 0.29) is 17.9 Å². The topological polar surface area (TPSA) is 71.1 Å². The summed E-state index contributed by atoms with van der Waals surface area (Å²) < 4.78 is 0. The van der Waals surface area contributed by atoms with Crippen LogP contribution in [0.2, 0.25) is 0 Å². The molecule has 1 atom stereocenters. The zero-order valence-electron chi connectivity index (χ0n) is 15.0. The van der Waals surface area contributed by atoms with Crippen LogP contribution in [-0.4, -0.2) is 22.8 Å². The first kappa shape index (κ1) is 18.3. The second-order valence-electron chi connectivity index (χ2n) is 6.20. The van der Waals surface area contributed by atoms with E-state index in [1.165, 1.54) is 6.20 Å². The van der Waals surface area contributed by atoms with Crippen molar-refractivity contribution < 1.29 is 9.59 Å². The number of nitrogens with one attached hydrogen (secondary N) is 2. The van der Waals surface area contributed by atoms with Gasteiger partial charge < -0.3 is 10.6 Å². The van der Waals surface area contributed by atoms with Crippen molar-refractivity contribution in [2.45, 2.75) is 19.0 Å². The van der Waals surface area contributed by atoms with Crippen LogP contribution in [-0.2, 0) is 4.79 Å². The second kappa shape index (κ2) is 8.76. The number of nitrogens with zero attached hydrogens (tertiary/aromatic N) is 1. The molecular formula is C22H21N3O2. The normalized spacial score (nSPS) is 11.6. The molecule has 0 unspecified atom stereocenters. The minimum Gasteiger partial charge on any atom is -0.343 e. The van der Waals surface area contributed by atoms with Gasteiger partial charge in [0.2, 0.25) is 5.91 Å². The molecule has 0 saturated heterocycles. The van der Waals surface area contributed by atoms with E-state index >= 15 is 0 Å². The highest BCUT2D eigenvalue weighted by Crippen LogP contribution is 2.21. The van der Waals surface area contributed by atoms with Crippen molar-refractivity contribution in [3.05, 3.63) is 102 Å². The predicted molar refractivity (Wildman–Crippen MR) is 104 cm³/mol. The van der Waals surface area contributed by atoms with Crippen molar-refractivity contribution in [2.75, 3.05) is 0 Å². The standard InChI is InChI=1S/C22H21N3O2/c1-16(24-22(27)19-13-8-14-23-15-19)21(26)25-20(17-9-4-2-5-10-17)18-11-6-3-7-12-18/h2-16,20H,1H3,(H,24,27)(H,25,26)/t16-/m0/s1. The minimum atomic E-state index is -0.687. The fourth-order valence-corrected chi connectivity index (χ4v) is 2.76. The van der Waals surface area contributed by atoms with Crippen LogP contribution in [0.4, 0.5) is 0 Å². The van der Waals surface area contributed by atoms with Gasteiger partial charge in [0.15, 0.2) is 0 Å². The maximum absolute atomic E-state index is 12.7. The zero-order valence-corrected chi connectivity index (χ0v) is 15.0. The fraction of sp³-hybridized carbons (Fsp3) is 0.136. The summed E-state index contributed by atoms with van der Waals surface area (Å²) in [6.45, 7) is 1.66. The Morgan fingerprint density at radius 1 is 0.815 bits per heavy atom. The molecule has 0 fully saturated rings. The molecule has 0 aliphatic rings. The molecule has 0 saturated carbocycles. The average molecular weight is 359 g/mol. The van der Waals surface area contributed by atoms with Gasteiger partial charge in [-0.2, -0.15) is 0 Å². The van der Waals surface area contributed by atoms with E-state index in [1.807, 2.05) is 60.7 Å². The average Bonchev–Trinajstić information content (AvgIpc) is 2.73. The van der Waals surface area contributed by atoms with E-state index in [0.29, 0.717) is 5.56 Å². The van der Waals surface area contributed by atoms with E-state index in [1.54, 1.807) is 25.3 Å². The molecule has 0 aliphatic heterocycles. The maximum Gasteiger partial charge on any atom is 0.253 e. The molecule has 2 N–H and O–H groups in total. The summed E-state index contributed by atoms with van der Waals surface area (Å²) in [7, 11) is 0. The number of amides is 2. The van der Waals surface area contributed by atoms with Gasteiger partial charge in [0, 0.05) is 12.4 Å². The lowest BCUT2D eigenvalue weighted by Gasteiger charge is -2.22. The molecule has 5 heteroatoms. The summed E-state index contributed by atoms with van der Waals surface area (Å²) in [6.07, 6.45) is 3.06. The Hall–Kier alpha value is -3.47. The maximum atomic E-state index is 12.7. The first-order valence-electron chi connectivity index (χ1n) is 8.76. The molecule has 0 radical (unpaired) electrons. The van der Waals surface area contributed by atoms with Gasteiger partial charge in [-0.3, -0.25) is 14.6 Å². The van der Waals surface area contributed by atoms with Gasteiger partial charge >= 0.3 is 0 Å². The molecule has 3 aromatic rings. The number of rotatable bonds is 6. The van der Waals surface area contributed by atoms with E-state index in [0.717, 1.165) is 11.1 Å². The first-order chi connectivity index (χ1) is 13.1. The van der Waals surface area contributed by atoms with Crippen molar-refractivity contribution in [3.8, 4) is 0 Å². The number of benzene rings is 2. The van der Waals surface area contributed by atoms with Crippen molar-refractivity contribution in [1.29, 1.82) is 0 Å². The number of pyridine rings is 1. The molecule has 0 bridgehead atoms. The zero-order chi connectivity index (χ0) is 19.1. The number of hydrogen-bond acceptors (Lipinski definition) is 3. The third-order valence-electron chi connectivity index (χ3n) is 4.22. The molecule has 3 rings (SSSR count). The Balaban J connectivity index is 1.73. The van der Waals surface area contributed by atoms with Crippen LogP contribution in [0, 0.1) is 0 Å². The molecular weight excluding hydrogens is 338 g/mol. The third kappa shape index (κ3) is 4.79. The summed E-state index contributed by atoms with van der Waals surface area (Å²) in [5, 5.41) is 5.75. The quantitative estimate of drug-likeness (QED) is 0.710. The molecule has 27 heavy (non-hydrogen) atoms. The van der Waals surface area contributed by atoms with Gasteiger partial charge in [-0.1, -0.05) is 60.7 Å². The van der Waals surface area contributed by atoms with Gasteiger partial charge in [-0.25, -0.2) is 0 Å². The lowest BCUT2D eigenvalue weighted by molar-refractivity contribution is -0.123. The Kier molecular flexibility index (Phi) is 5.94. The van der Waals surface area contributed by atoms with Gasteiger partial charge in [0.25, 0.3) is 5.91 Å². The lowest BCUT2D eigenvalue weighted by atomic mass is 9.98. The Morgan fingerprint density at radius 3 is 1.93 bits per heavy atom. The third-order valence-corrected chi connectivity index (χ3v) is 4.22. The first-order valence-corrected chi connectivity index (χ1v) is 8.76. The van der Waals surface area contributed by atoms with Crippen LogP contribution < -0.4 is 10.6 Å². The lowest BCUT2D eigenvalue weighted by Crippen LogP contribution is -2.46. The van der Waals surface area contributed by atoms with Gasteiger partial charge in [-0.05, 0) is 30.2 Å². The van der Waals surface area contributed by atoms with Crippen LogP contribution in [0.3, 0.4) is 0 Å².